The van der Waals surface area contributed by atoms with Crippen LogP contribution in [-0.2, 0) is 21.1 Å². The Hall–Kier alpha value is -1.95. The van der Waals surface area contributed by atoms with Crippen molar-refractivity contribution in [2.24, 2.45) is 0 Å². The van der Waals surface area contributed by atoms with Crippen molar-refractivity contribution in [2.75, 3.05) is 0 Å². The van der Waals surface area contributed by atoms with Crippen LogP contribution >= 0.6 is 0 Å². The number of aromatic carboxylic acids is 2. The van der Waals surface area contributed by atoms with Crippen molar-refractivity contribution in [2.45, 2.75) is 0 Å². The molecule has 152 valence electrons. The minimum Gasteiger partial charge on any atom is -1.00 e. The van der Waals surface area contributed by atoms with E-state index in [0.29, 0.717) is 11.1 Å². The summed E-state index contributed by atoms with van der Waals surface area (Å²) >= 11 is 0. The van der Waals surface area contributed by atoms with Gasteiger partial charge in [-0.1, -0.05) is 49.6 Å². The first-order valence-corrected chi connectivity index (χ1v) is 6.39. The first-order valence-electron chi connectivity index (χ1n) is 6.39. The average Bonchev–Trinajstić information content (AvgIpc) is 2.55. The maximum Gasteiger partial charge on any atom is 2.00 e. The van der Waals surface area contributed by atoms with Crippen molar-refractivity contribution in [3.8, 4) is 0 Å². The van der Waals surface area contributed by atoms with Gasteiger partial charge in [0.1, 0.15) is 0 Å². The van der Waals surface area contributed by atoms with Crippen LogP contribution in [0.2, 0.25) is 0 Å². The number of carboxylic acids is 2. The molecule has 8 N–H and O–H groups in total. The van der Waals surface area contributed by atoms with Crippen molar-refractivity contribution in [3.05, 3.63) is 83.9 Å². The monoisotopic (exact) mass is 595 g/mol. The molecule has 0 fully saturated rings. The van der Waals surface area contributed by atoms with Crippen LogP contribution in [0.5, 0.6) is 0 Å². The van der Waals surface area contributed by atoms with Crippen LogP contribution in [0, 0.1) is 0 Å². The zero-order valence-corrected chi connectivity index (χ0v) is 18.2. The molecule has 0 bridgehead atoms. The van der Waals surface area contributed by atoms with Gasteiger partial charge in [0.15, 0.2) is 0 Å². The third-order valence-electron chi connectivity index (χ3n) is 2.79. The van der Waals surface area contributed by atoms with Gasteiger partial charge >= 0.3 is 33.0 Å². The van der Waals surface area contributed by atoms with Crippen molar-refractivity contribution in [3.63, 3.8) is 0 Å². The van der Waals surface area contributed by atoms with E-state index in [2.05, 4.69) is 13.2 Å². The van der Waals surface area contributed by atoms with Crippen molar-refractivity contribution in [1.29, 1.82) is 0 Å². The summed E-state index contributed by atoms with van der Waals surface area (Å²) in [5.74, 6) is -1.80. The van der Waals surface area contributed by atoms with E-state index >= 15 is 0 Å². The number of rotatable bonds is 4. The predicted octanol–water partition coefficient (Wildman–Crippen LogP) is -1.61. The van der Waals surface area contributed by atoms with Crippen molar-refractivity contribution in [1.82, 2.24) is 12.3 Å². The molecule has 0 amide bonds. The molecule has 0 aliphatic heterocycles. The summed E-state index contributed by atoms with van der Waals surface area (Å²) in [6.07, 6.45) is 3.34. The Kier molecular flexibility index (Phi) is 25.1. The molecular formula is C18H22Cl2N2O4Pt. The molecule has 2 aromatic carbocycles. The van der Waals surface area contributed by atoms with Gasteiger partial charge in [-0.25, -0.2) is 9.59 Å². The summed E-state index contributed by atoms with van der Waals surface area (Å²) < 4.78 is 0. The summed E-state index contributed by atoms with van der Waals surface area (Å²) in [5, 5.41) is 17.0. The fourth-order valence-corrected chi connectivity index (χ4v) is 1.52. The summed E-state index contributed by atoms with van der Waals surface area (Å²) in [6, 6.07) is 13.1. The normalized spacial score (nSPS) is 7.41. The van der Waals surface area contributed by atoms with Crippen LogP contribution in [0.3, 0.4) is 0 Å². The van der Waals surface area contributed by atoms with Gasteiger partial charge in [-0.3, -0.25) is 0 Å². The topological polar surface area (TPSA) is 145 Å². The molecule has 6 nitrogen and oxygen atoms in total. The standard InChI is InChI=1S/2C9H8O2.2ClH.2H3N.Pt/c2*1-2-7-3-5-8(6-4-7)9(10)11;;;;;/h2*2-6H,1H2,(H,10,11);2*1H;2*1H3;/q;;;;;;+2/p-2. The van der Waals surface area contributed by atoms with Gasteiger partial charge in [0.05, 0.1) is 11.1 Å². The largest absolute Gasteiger partial charge is 2.00 e. The first kappa shape index (κ1) is 36.0. The molecule has 0 aliphatic carbocycles. The van der Waals surface area contributed by atoms with Crippen LogP contribution in [0.25, 0.3) is 12.2 Å². The predicted molar refractivity (Wildman–Crippen MR) is 97.0 cm³/mol. The molecule has 2 aromatic rings. The molecule has 27 heavy (non-hydrogen) atoms. The average molecular weight is 596 g/mol. The van der Waals surface area contributed by atoms with Crippen LogP contribution in [-0.4, -0.2) is 22.2 Å². The first-order chi connectivity index (χ1) is 10.5. The van der Waals surface area contributed by atoms with Crippen LogP contribution in [0.15, 0.2) is 61.7 Å². The van der Waals surface area contributed by atoms with Crippen LogP contribution < -0.4 is 37.1 Å². The van der Waals surface area contributed by atoms with E-state index < -0.39 is 11.9 Å². The SMILES string of the molecule is C=Cc1ccc(C(=O)O)cc1.C=Cc1ccc(C(=O)O)cc1.N.N.[Cl-].[Cl-].[Pt+2]. The molecule has 9 heteroatoms. The van der Waals surface area contributed by atoms with Crippen LogP contribution in [0.1, 0.15) is 31.8 Å². The molecule has 0 saturated carbocycles. The molecule has 0 aromatic heterocycles. The van der Waals surface area contributed by atoms with Crippen molar-refractivity contribution >= 4 is 24.1 Å². The third kappa shape index (κ3) is 12.9. The summed E-state index contributed by atoms with van der Waals surface area (Å²) in [5.41, 5.74) is 2.45. The number of carbonyl (C=O) groups is 2. The minimum atomic E-state index is -0.902. The van der Waals surface area contributed by atoms with E-state index in [1.165, 1.54) is 0 Å². The van der Waals surface area contributed by atoms with E-state index in [1.807, 2.05) is 0 Å². The molecule has 0 atom stereocenters. The zero-order chi connectivity index (χ0) is 16.5. The Morgan fingerprint density at radius 1 is 0.667 bits per heavy atom. The van der Waals surface area contributed by atoms with Gasteiger partial charge in [0.2, 0.25) is 0 Å². The van der Waals surface area contributed by atoms with Gasteiger partial charge in [-0.05, 0) is 35.4 Å². The summed E-state index contributed by atoms with van der Waals surface area (Å²) in [6.45, 7) is 7.12. The molecule has 2 rings (SSSR count). The Morgan fingerprint density at radius 2 is 0.889 bits per heavy atom. The number of benzene rings is 2. The second-order valence-electron chi connectivity index (χ2n) is 4.26. The Labute approximate surface area is 185 Å². The molecule has 0 radical (unpaired) electrons. The summed E-state index contributed by atoms with van der Waals surface area (Å²) in [4.78, 5) is 20.7. The minimum absolute atomic E-state index is 0. The molecular weight excluding hydrogens is 574 g/mol. The van der Waals surface area contributed by atoms with Gasteiger partial charge in [-0.15, -0.1) is 0 Å². The van der Waals surface area contributed by atoms with E-state index in [1.54, 1.807) is 60.7 Å². The number of hydrogen-bond acceptors (Lipinski definition) is 4. The third-order valence-corrected chi connectivity index (χ3v) is 2.79. The second kappa shape index (κ2) is 18.8. The maximum absolute atomic E-state index is 10.4. The molecule has 0 unspecified atom stereocenters. The Bertz CT molecular complexity index is 632. The zero-order valence-electron chi connectivity index (χ0n) is 14.4. The molecule has 0 spiro atoms. The smallest absolute Gasteiger partial charge is 1.00 e. The molecule has 0 heterocycles. The molecule has 0 saturated heterocycles. The van der Waals surface area contributed by atoms with E-state index in [0.717, 1.165) is 11.1 Å². The second-order valence-corrected chi connectivity index (χ2v) is 4.26. The van der Waals surface area contributed by atoms with E-state index in [9.17, 15) is 9.59 Å². The maximum atomic E-state index is 10.4. The number of hydrogen-bond donors (Lipinski definition) is 4. The van der Waals surface area contributed by atoms with Gasteiger partial charge in [0.25, 0.3) is 0 Å². The molecule has 0 aliphatic rings. The number of carboxylic acid groups (broad SMARTS) is 2. The van der Waals surface area contributed by atoms with Crippen molar-refractivity contribution < 1.29 is 65.7 Å². The van der Waals surface area contributed by atoms with Crippen LogP contribution in [0.4, 0.5) is 0 Å². The van der Waals surface area contributed by atoms with Gasteiger partial charge < -0.3 is 47.3 Å². The quantitative estimate of drug-likeness (QED) is 0.335. The Balaban J connectivity index is -0.000000101. The van der Waals surface area contributed by atoms with Gasteiger partial charge in [0, 0.05) is 0 Å². The van der Waals surface area contributed by atoms with E-state index in [4.69, 9.17) is 10.2 Å². The Morgan fingerprint density at radius 3 is 1.04 bits per heavy atom. The fourth-order valence-electron chi connectivity index (χ4n) is 1.52. The summed E-state index contributed by atoms with van der Waals surface area (Å²) in [7, 11) is 0. The number of halogens is 2. The van der Waals surface area contributed by atoms with E-state index in [-0.39, 0.29) is 58.2 Å². The van der Waals surface area contributed by atoms with Gasteiger partial charge in [-0.2, -0.15) is 0 Å². The fraction of sp³-hybridized carbons (Fsp3) is 0.